The molecule has 2 rings (SSSR count). The van der Waals surface area contributed by atoms with Crippen molar-refractivity contribution in [2.24, 2.45) is 0 Å². The van der Waals surface area contributed by atoms with Crippen LogP contribution in [0.5, 0.6) is 0 Å². The summed E-state index contributed by atoms with van der Waals surface area (Å²) >= 11 is 3.39. The lowest BCUT2D eigenvalue weighted by atomic mass is 10.1. The van der Waals surface area contributed by atoms with E-state index in [1.807, 2.05) is 18.2 Å². The third kappa shape index (κ3) is 3.47. The lowest BCUT2D eigenvalue weighted by molar-refractivity contribution is 1.09. The van der Waals surface area contributed by atoms with Gasteiger partial charge in [-0.15, -0.1) is 6.42 Å². The van der Waals surface area contributed by atoms with Crippen LogP contribution >= 0.6 is 15.9 Å². The Balaban J connectivity index is 0.000000437. The third-order valence-corrected chi connectivity index (χ3v) is 2.64. The number of anilines is 1. The maximum absolute atomic E-state index is 5.58. The van der Waals surface area contributed by atoms with E-state index >= 15 is 0 Å². The number of hydrogen-bond donors (Lipinski definition) is 1. The van der Waals surface area contributed by atoms with E-state index in [9.17, 15) is 0 Å². The van der Waals surface area contributed by atoms with Crippen molar-refractivity contribution in [3.05, 3.63) is 34.4 Å². The number of halogens is 1. The van der Waals surface area contributed by atoms with Crippen molar-refractivity contribution in [2.45, 2.75) is 20.3 Å². The number of aromatic nitrogens is 1. The highest BCUT2D eigenvalue weighted by molar-refractivity contribution is 9.10. The van der Waals surface area contributed by atoms with E-state index in [1.54, 1.807) is 6.20 Å². The van der Waals surface area contributed by atoms with E-state index in [1.165, 1.54) is 6.42 Å². The lowest BCUT2D eigenvalue weighted by Crippen LogP contribution is -1.89. The summed E-state index contributed by atoms with van der Waals surface area (Å²) in [5.74, 6) is 3.10. The van der Waals surface area contributed by atoms with Crippen molar-refractivity contribution < 1.29 is 0 Å². The van der Waals surface area contributed by atoms with Gasteiger partial charge in [0.2, 0.25) is 0 Å². The first-order chi connectivity index (χ1) is 8.12. The molecule has 0 aliphatic heterocycles. The van der Waals surface area contributed by atoms with Crippen molar-refractivity contribution in [1.82, 2.24) is 4.98 Å². The first-order valence-electron chi connectivity index (χ1n) is 5.43. The van der Waals surface area contributed by atoms with Gasteiger partial charge < -0.3 is 5.73 Å². The Morgan fingerprint density at radius 3 is 2.53 bits per heavy atom. The molecule has 0 fully saturated rings. The average Bonchev–Trinajstić information content (AvgIpc) is 2.30. The number of rotatable bonds is 0. The molecule has 0 unspecified atom stereocenters. The summed E-state index contributed by atoms with van der Waals surface area (Å²) in [7, 11) is 0. The normalized spacial score (nSPS) is 9.29. The maximum atomic E-state index is 5.58. The van der Waals surface area contributed by atoms with Crippen LogP contribution in [0.1, 0.15) is 25.8 Å². The minimum Gasteiger partial charge on any atom is -0.384 e. The fourth-order valence-electron chi connectivity index (χ4n) is 1.29. The van der Waals surface area contributed by atoms with Gasteiger partial charge in [0.1, 0.15) is 5.82 Å². The summed E-state index contributed by atoms with van der Waals surface area (Å²) in [5.41, 5.74) is 6.40. The van der Waals surface area contributed by atoms with Crippen LogP contribution in [0.2, 0.25) is 0 Å². The molecule has 0 amide bonds. The highest BCUT2D eigenvalue weighted by atomic mass is 79.9. The van der Waals surface area contributed by atoms with E-state index in [-0.39, 0.29) is 0 Å². The predicted octanol–water partition coefficient (Wildman–Crippen LogP) is 3.98. The number of nitrogens with two attached hydrogens (primary N) is 1. The van der Waals surface area contributed by atoms with Crippen molar-refractivity contribution in [3.8, 4) is 12.3 Å². The predicted molar refractivity (Wildman–Crippen MR) is 77.8 cm³/mol. The minimum atomic E-state index is 0.503. The minimum absolute atomic E-state index is 0.503. The molecule has 0 aliphatic carbocycles. The molecule has 0 saturated carbocycles. The molecule has 0 bridgehead atoms. The summed E-state index contributed by atoms with van der Waals surface area (Å²) in [6.07, 6.45) is 8.33. The monoisotopic (exact) mass is 290 g/mol. The molecular weight excluding hydrogens is 276 g/mol. The summed E-state index contributed by atoms with van der Waals surface area (Å²) in [4.78, 5) is 4.01. The second kappa shape index (κ2) is 6.27. The lowest BCUT2D eigenvalue weighted by Gasteiger charge is -2.02. The Labute approximate surface area is 110 Å². The Kier molecular flexibility index (Phi) is 4.99. The largest absolute Gasteiger partial charge is 0.384 e. The van der Waals surface area contributed by atoms with Crippen LogP contribution in [0.25, 0.3) is 10.8 Å². The van der Waals surface area contributed by atoms with Gasteiger partial charge >= 0.3 is 0 Å². The molecular formula is C14H15BrN2. The van der Waals surface area contributed by atoms with Gasteiger partial charge in [0, 0.05) is 21.6 Å². The first kappa shape index (κ1) is 13.5. The van der Waals surface area contributed by atoms with Crippen molar-refractivity contribution in [2.75, 3.05) is 5.73 Å². The van der Waals surface area contributed by atoms with Gasteiger partial charge in [-0.25, -0.2) is 4.98 Å². The van der Waals surface area contributed by atoms with Crippen LogP contribution in [-0.4, -0.2) is 4.98 Å². The van der Waals surface area contributed by atoms with Gasteiger partial charge in [-0.2, -0.15) is 0 Å². The van der Waals surface area contributed by atoms with Gasteiger partial charge in [0.05, 0.1) is 0 Å². The first-order valence-corrected chi connectivity index (χ1v) is 6.23. The SMILES string of the molecule is C#Cc1cc2cc(N)ncc2cc1Br.CCC. The van der Waals surface area contributed by atoms with Crippen LogP contribution in [-0.2, 0) is 0 Å². The van der Waals surface area contributed by atoms with Crippen LogP contribution in [0.3, 0.4) is 0 Å². The van der Waals surface area contributed by atoms with Crippen molar-refractivity contribution in [3.63, 3.8) is 0 Å². The number of hydrogen-bond acceptors (Lipinski definition) is 2. The Morgan fingerprint density at radius 1 is 1.29 bits per heavy atom. The van der Waals surface area contributed by atoms with E-state index in [0.29, 0.717) is 5.82 Å². The van der Waals surface area contributed by atoms with Crippen LogP contribution in [0, 0.1) is 12.3 Å². The van der Waals surface area contributed by atoms with E-state index in [0.717, 1.165) is 20.8 Å². The zero-order valence-electron chi connectivity index (χ0n) is 10.00. The fourth-order valence-corrected chi connectivity index (χ4v) is 1.77. The van der Waals surface area contributed by atoms with Gasteiger partial charge in [-0.05, 0) is 39.5 Å². The molecule has 2 N–H and O–H groups in total. The number of fused-ring (bicyclic) bond motifs is 1. The Morgan fingerprint density at radius 2 is 1.94 bits per heavy atom. The van der Waals surface area contributed by atoms with E-state index < -0.39 is 0 Å². The zero-order valence-corrected chi connectivity index (χ0v) is 11.6. The van der Waals surface area contributed by atoms with Gasteiger partial charge in [0.15, 0.2) is 0 Å². The Hall–Kier alpha value is -1.53. The highest BCUT2D eigenvalue weighted by Gasteiger charge is 2.01. The van der Waals surface area contributed by atoms with Gasteiger partial charge in [-0.1, -0.05) is 26.2 Å². The van der Waals surface area contributed by atoms with E-state index in [2.05, 4.69) is 40.7 Å². The standard InChI is InChI=1S/C11H7BrN2.C3H8/c1-2-7-3-8-5-11(13)14-6-9(8)4-10(7)12;1-3-2/h1,3-6H,(H2,13,14);3H2,1-2H3. The second-order valence-electron chi connectivity index (χ2n) is 3.64. The van der Waals surface area contributed by atoms with Crippen molar-refractivity contribution in [1.29, 1.82) is 0 Å². The number of nitrogens with zero attached hydrogens (tertiary/aromatic N) is 1. The zero-order chi connectivity index (χ0) is 12.8. The molecule has 1 aromatic carbocycles. The fraction of sp³-hybridized carbons (Fsp3) is 0.214. The summed E-state index contributed by atoms with van der Waals surface area (Å²) in [6, 6.07) is 5.66. The van der Waals surface area contributed by atoms with Crippen LogP contribution < -0.4 is 5.73 Å². The van der Waals surface area contributed by atoms with E-state index in [4.69, 9.17) is 12.2 Å². The smallest absolute Gasteiger partial charge is 0.123 e. The number of nitrogen functional groups attached to an aromatic ring is 1. The summed E-state index contributed by atoms with van der Waals surface area (Å²) < 4.78 is 0.902. The van der Waals surface area contributed by atoms with Crippen LogP contribution in [0.15, 0.2) is 28.9 Å². The molecule has 0 saturated heterocycles. The second-order valence-corrected chi connectivity index (χ2v) is 4.49. The topological polar surface area (TPSA) is 38.9 Å². The highest BCUT2D eigenvalue weighted by Crippen LogP contribution is 2.24. The molecule has 0 aliphatic rings. The maximum Gasteiger partial charge on any atom is 0.123 e. The molecule has 0 spiro atoms. The molecule has 1 aromatic heterocycles. The molecule has 3 heteroatoms. The van der Waals surface area contributed by atoms with Gasteiger partial charge in [-0.3, -0.25) is 0 Å². The quantitative estimate of drug-likeness (QED) is 0.746. The molecule has 0 atom stereocenters. The van der Waals surface area contributed by atoms with Crippen LogP contribution in [0.4, 0.5) is 5.82 Å². The third-order valence-electron chi connectivity index (χ3n) is 1.98. The average molecular weight is 291 g/mol. The summed E-state index contributed by atoms with van der Waals surface area (Å²) in [5, 5.41) is 2.03. The number of terminal acetylenes is 1. The Bertz CT molecular complexity index is 556. The summed E-state index contributed by atoms with van der Waals surface area (Å²) in [6.45, 7) is 4.25. The molecule has 2 nitrogen and oxygen atoms in total. The molecule has 88 valence electrons. The van der Waals surface area contributed by atoms with Crippen molar-refractivity contribution >= 4 is 32.5 Å². The number of pyridine rings is 1. The van der Waals surface area contributed by atoms with Gasteiger partial charge in [0.25, 0.3) is 0 Å². The number of benzene rings is 1. The molecule has 1 heterocycles. The molecule has 2 aromatic rings. The molecule has 0 radical (unpaired) electrons. The molecule has 17 heavy (non-hydrogen) atoms.